The minimum atomic E-state index is -0.249. The molecule has 3 atom stereocenters. The summed E-state index contributed by atoms with van der Waals surface area (Å²) in [6.07, 6.45) is 3.78. The molecule has 0 aromatic rings. The first kappa shape index (κ1) is 14.3. The van der Waals surface area contributed by atoms with Crippen LogP contribution in [0.4, 0.5) is 0 Å². The summed E-state index contributed by atoms with van der Waals surface area (Å²) in [6, 6.07) is 0. The summed E-state index contributed by atoms with van der Waals surface area (Å²) >= 11 is 0. The van der Waals surface area contributed by atoms with Gasteiger partial charge in [0, 0.05) is 12.5 Å². The van der Waals surface area contributed by atoms with Crippen LogP contribution in [0.1, 0.15) is 26.2 Å². The lowest BCUT2D eigenvalue weighted by Gasteiger charge is -2.27. The quantitative estimate of drug-likeness (QED) is 0.599. The van der Waals surface area contributed by atoms with Crippen molar-refractivity contribution in [3.05, 3.63) is 23.8 Å². The summed E-state index contributed by atoms with van der Waals surface area (Å²) in [5, 5.41) is 19.0. The molecule has 2 N–H and O–H groups in total. The van der Waals surface area contributed by atoms with E-state index < -0.39 is 0 Å². The molecular weight excluding hydrogens is 244 g/mol. The van der Waals surface area contributed by atoms with Crippen molar-refractivity contribution in [1.29, 1.82) is 0 Å². The molecule has 3 unspecified atom stereocenters. The molecule has 4 nitrogen and oxygen atoms in total. The Kier molecular flexibility index (Phi) is 4.11. The molecule has 0 aromatic heterocycles. The highest BCUT2D eigenvalue weighted by molar-refractivity contribution is 5.72. The van der Waals surface area contributed by atoms with Gasteiger partial charge in [-0.2, -0.15) is 0 Å². The SMILES string of the molecule is C=CC1CC(C)(CO)CC1=C1COC(=O)CC1CO. The molecule has 2 fully saturated rings. The van der Waals surface area contributed by atoms with Gasteiger partial charge in [0.2, 0.25) is 0 Å². The molecule has 2 rings (SSSR count). The molecular formula is C15H22O4. The second-order valence-electron chi connectivity index (χ2n) is 5.99. The van der Waals surface area contributed by atoms with Gasteiger partial charge in [0.25, 0.3) is 0 Å². The first-order valence-corrected chi connectivity index (χ1v) is 6.74. The predicted molar refractivity (Wildman–Crippen MR) is 71.3 cm³/mol. The Morgan fingerprint density at radius 3 is 2.79 bits per heavy atom. The number of aliphatic hydroxyl groups is 2. The highest BCUT2D eigenvalue weighted by Crippen LogP contribution is 2.48. The number of esters is 1. The van der Waals surface area contributed by atoms with Crippen LogP contribution in [0.15, 0.2) is 23.8 Å². The molecule has 19 heavy (non-hydrogen) atoms. The zero-order valence-corrected chi connectivity index (χ0v) is 11.4. The maximum Gasteiger partial charge on any atom is 0.306 e. The van der Waals surface area contributed by atoms with Crippen LogP contribution in [-0.2, 0) is 9.53 Å². The number of ether oxygens (including phenoxy) is 1. The van der Waals surface area contributed by atoms with Crippen molar-refractivity contribution in [3.63, 3.8) is 0 Å². The Hall–Kier alpha value is -1.13. The van der Waals surface area contributed by atoms with Crippen molar-refractivity contribution in [2.45, 2.75) is 26.2 Å². The average molecular weight is 266 g/mol. The van der Waals surface area contributed by atoms with Gasteiger partial charge >= 0.3 is 5.97 Å². The zero-order chi connectivity index (χ0) is 14.0. The molecule has 1 saturated heterocycles. The van der Waals surface area contributed by atoms with Crippen LogP contribution in [0.2, 0.25) is 0 Å². The standard InChI is InChI=1S/C15H22O4/c1-3-10-5-15(2,9-17)6-12(10)13-8-19-14(18)4-11(13)7-16/h3,10-11,16-17H,1,4-9H2,2H3. The number of allylic oxidation sites excluding steroid dienone is 2. The Morgan fingerprint density at radius 1 is 1.47 bits per heavy atom. The fraction of sp³-hybridized carbons (Fsp3) is 0.667. The average Bonchev–Trinajstić information content (AvgIpc) is 2.76. The molecule has 1 aliphatic heterocycles. The first-order valence-electron chi connectivity index (χ1n) is 6.74. The van der Waals surface area contributed by atoms with Crippen LogP contribution in [-0.4, -0.2) is 36.0 Å². The van der Waals surface area contributed by atoms with Crippen LogP contribution in [0.3, 0.4) is 0 Å². The van der Waals surface area contributed by atoms with Gasteiger partial charge in [0.05, 0.1) is 13.0 Å². The molecule has 1 aliphatic carbocycles. The minimum Gasteiger partial charge on any atom is -0.461 e. The Balaban J connectivity index is 2.33. The van der Waals surface area contributed by atoms with Crippen molar-refractivity contribution in [1.82, 2.24) is 0 Å². The van der Waals surface area contributed by atoms with E-state index in [0.29, 0.717) is 0 Å². The number of rotatable bonds is 3. The fourth-order valence-electron chi connectivity index (χ4n) is 3.20. The van der Waals surface area contributed by atoms with E-state index in [1.165, 1.54) is 5.57 Å². The third kappa shape index (κ3) is 2.74. The van der Waals surface area contributed by atoms with Gasteiger partial charge in [-0.15, -0.1) is 6.58 Å². The second-order valence-corrected chi connectivity index (χ2v) is 5.99. The summed E-state index contributed by atoms with van der Waals surface area (Å²) in [6.45, 7) is 6.29. The van der Waals surface area contributed by atoms with Crippen molar-refractivity contribution in [3.8, 4) is 0 Å². The van der Waals surface area contributed by atoms with Gasteiger partial charge in [-0.3, -0.25) is 4.79 Å². The molecule has 4 heteroatoms. The number of hydrogen-bond donors (Lipinski definition) is 2. The number of hydrogen-bond acceptors (Lipinski definition) is 4. The van der Waals surface area contributed by atoms with E-state index in [9.17, 15) is 15.0 Å². The lowest BCUT2D eigenvalue weighted by atomic mass is 9.86. The lowest BCUT2D eigenvalue weighted by Crippen LogP contribution is -2.28. The largest absolute Gasteiger partial charge is 0.461 e. The Bertz CT molecular complexity index is 412. The van der Waals surface area contributed by atoms with Gasteiger partial charge in [0.15, 0.2) is 0 Å². The Labute approximate surface area is 113 Å². The highest BCUT2D eigenvalue weighted by atomic mass is 16.5. The van der Waals surface area contributed by atoms with Crippen molar-refractivity contribution in [2.24, 2.45) is 17.3 Å². The summed E-state index contributed by atoms with van der Waals surface area (Å²) in [7, 11) is 0. The second kappa shape index (κ2) is 5.47. The van der Waals surface area contributed by atoms with Crippen LogP contribution >= 0.6 is 0 Å². The van der Waals surface area contributed by atoms with Crippen LogP contribution in [0.25, 0.3) is 0 Å². The summed E-state index contributed by atoms with van der Waals surface area (Å²) in [5.41, 5.74) is 2.09. The van der Waals surface area contributed by atoms with E-state index in [1.54, 1.807) is 0 Å². The number of carbonyl (C=O) groups is 1. The van der Waals surface area contributed by atoms with Crippen LogP contribution < -0.4 is 0 Å². The lowest BCUT2D eigenvalue weighted by molar-refractivity contribution is -0.146. The third-order valence-electron chi connectivity index (χ3n) is 4.37. The number of carbonyl (C=O) groups excluding carboxylic acids is 1. The monoisotopic (exact) mass is 266 g/mol. The van der Waals surface area contributed by atoms with E-state index in [1.807, 2.05) is 6.08 Å². The summed E-state index contributed by atoms with van der Waals surface area (Å²) in [5.74, 6) is -0.181. The maximum atomic E-state index is 11.3. The first-order chi connectivity index (χ1) is 9.03. The molecule has 1 heterocycles. The predicted octanol–water partition coefficient (Wildman–Crippen LogP) is 1.43. The topological polar surface area (TPSA) is 66.8 Å². The van der Waals surface area contributed by atoms with E-state index >= 15 is 0 Å². The molecule has 0 spiro atoms. The summed E-state index contributed by atoms with van der Waals surface area (Å²) in [4.78, 5) is 11.3. The van der Waals surface area contributed by atoms with Gasteiger partial charge in [-0.1, -0.05) is 18.6 Å². The number of cyclic esters (lactones) is 1. The van der Waals surface area contributed by atoms with E-state index in [2.05, 4.69) is 13.5 Å². The summed E-state index contributed by atoms with van der Waals surface area (Å²) < 4.78 is 5.12. The van der Waals surface area contributed by atoms with Crippen molar-refractivity contribution >= 4 is 5.97 Å². The number of aliphatic hydroxyl groups excluding tert-OH is 2. The van der Waals surface area contributed by atoms with Gasteiger partial charge in [0.1, 0.15) is 6.61 Å². The molecule has 0 aromatic carbocycles. The Morgan fingerprint density at radius 2 is 2.21 bits per heavy atom. The van der Waals surface area contributed by atoms with E-state index in [0.717, 1.165) is 18.4 Å². The van der Waals surface area contributed by atoms with E-state index in [-0.39, 0.29) is 49.5 Å². The molecule has 0 bridgehead atoms. The van der Waals surface area contributed by atoms with Crippen molar-refractivity contribution in [2.75, 3.05) is 19.8 Å². The van der Waals surface area contributed by atoms with Gasteiger partial charge in [-0.25, -0.2) is 0 Å². The molecule has 0 amide bonds. The highest BCUT2D eigenvalue weighted by Gasteiger charge is 2.40. The maximum absolute atomic E-state index is 11.3. The minimum absolute atomic E-state index is 0.0341. The van der Waals surface area contributed by atoms with E-state index in [4.69, 9.17) is 4.74 Å². The van der Waals surface area contributed by atoms with Crippen LogP contribution in [0.5, 0.6) is 0 Å². The molecule has 106 valence electrons. The normalized spacial score (nSPS) is 39.2. The molecule has 2 aliphatic rings. The van der Waals surface area contributed by atoms with Crippen LogP contribution in [0, 0.1) is 17.3 Å². The molecule has 0 radical (unpaired) electrons. The fourth-order valence-corrected chi connectivity index (χ4v) is 3.20. The van der Waals surface area contributed by atoms with Gasteiger partial charge in [-0.05, 0) is 29.7 Å². The third-order valence-corrected chi connectivity index (χ3v) is 4.37. The zero-order valence-electron chi connectivity index (χ0n) is 11.4. The van der Waals surface area contributed by atoms with Crippen molar-refractivity contribution < 1.29 is 19.7 Å². The van der Waals surface area contributed by atoms with Gasteiger partial charge < -0.3 is 14.9 Å². The molecule has 1 saturated carbocycles. The smallest absolute Gasteiger partial charge is 0.306 e.